The third kappa shape index (κ3) is 5.44. The minimum Gasteiger partial charge on any atom is -0.443 e. The van der Waals surface area contributed by atoms with Crippen LogP contribution in [0.1, 0.15) is 78.8 Å². The van der Waals surface area contributed by atoms with Crippen LogP contribution in [-0.4, -0.2) is 40.7 Å². The van der Waals surface area contributed by atoms with E-state index < -0.39 is 5.60 Å². The Kier molecular flexibility index (Phi) is 7.04. The lowest BCUT2D eigenvalue weighted by Gasteiger charge is -2.29. The van der Waals surface area contributed by atoms with Crippen molar-refractivity contribution in [3.05, 3.63) is 23.9 Å². The molecule has 146 valence electrons. The number of aromatic nitrogens is 1. The fourth-order valence-corrected chi connectivity index (χ4v) is 3.45. The van der Waals surface area contributed by atoms with Gasteiger partial charge in [0, 0.05) is 24.8 Å². The van der Waals surface area contributed by atoms with Crippen LogP contribution in [0.15, 0.2) is 18.3 Å². The predicted molar refractivity (Wildman–Crippen MR) is 107 cm³/mol. The topological polar surface area (TPSA) is 45.7 Å². The van der Waals surface area contributed by atoms with E-state index in [0.717, 1.165) is 19.4 Å². The SMILES string of the molecule is CCCCN(C(=O)OC(C)(C)C)c1ccc([C@H]2CCCN2C(C)C)cn1. The van der Waals surface area contributed by atoms with E-state index in [9.17, 15) is 4.79 Å². The number of pyridine rings is 1. The molecule has 0 saturated carbocycles. The summed E-state index contributed by atoms with van der Waals surface area (Å²) in [6.07, 6.45) is 5.95. The number of likely N-dealkylation sites (tertiary alicyclic amines) is 1. The molecule has 26 heavy (non-hydrogen) atoms. The highest BCUT2D eigenvalue weighted by molar-refractivity contribution is 5.86. The molecule has 1 atom stereocenters. The molecule has 0 aromatic carbocycles. The number of amides is 1. The second-order valence-corrected chi connectivity index (χ2v) is 8.42. The smallest absolute Gasteiger partial charge is 0.416 e. The number of carbonyl (C=O) groups excluding carboxylic acids is 1. The summed E-state index contributed by atoms with van der Waals surface area (Å²) in [6.45, 7) is 14.0. The van der Waals surface area contributed by atoms with Gasteiger partial charge in [0.1, 0.15) is 11.4 Å². The lowest BCUT2D eigenvalue weighted by atomic mass is 10.1. The highest BCUT2D eigenvalue weighted by Crippen LogP contribution is 2.33. The van der Waals surface area contributed by atoms with Gasteiger partial charge in [0.05, 0.1) is 0 Å². The minimum atomic E-state index is -0.511. The largest absolute Gasteiger partial charge is 0.443 e. The first-order valence-electron chi connectivity index (χ1n) is 9.95. The van der Waals surface area contributed by atoms with Crippen molar-refractivity contribution in [2.24, 2.45) is 0 Å². The van der Waals surface area contributed by atoms with Gasteiger partial charge in [0.15, 0.2) is 0 Å². The summed E-state index contributed by atoms with van der Waals surface area (Å²) >= 11 is 0. The molecule has 0 unspecified atom stereocenters. The molecule has 1 aliphatic rings. The number of rotatable bonds is 6. The summed E-state index contributed by atoms with van der Waals surface area (Å²) in [5.74, 6) is 0.672. The Morgan fingerprint density at radius 2 is 2.12 bits per heavy atom. The van der Waals surface area contributed by atoms with Crippen LogP contribution in [0.5, 0.6) is 0 Å². The lowest BCUT2D eigenvalue weighted by molar-refractivity contribution is 0.0578. The number of unbranched alkanes of at least 4 members (excludes halogenated alkanes) is 1. The van der Waals surface area contributed by atoms with Crippen LogP contribution >= 0.6 is 0 Å². The van der Waals surface area contributed by atoms with Gasteiger partial charge in [-0.05, 0) is 72.1 Å². The summed E-state index contributed by atoms with van der Waals surface area (Å²) in [4.78, 5) is 21.4. The molecule has 1 saturated heterocycles. The number of anilines is 1. The van der Waals surface area contributed by atoms with Crippen molar-refractivity contribution < 1.29 is 9.53 Å². The van der Waals surface area contributed by atoms with Gasteiger partial charge in [0.25, 0.3) is 0 Å². The van der Waals surface area contributed by atoms with E-state index in [4.69, 9.17) is 4.74 Å². The zero-order valence-corrected chi connectivity index (χ0v) is 17.3. The Hall–Kier alpha value is -1.62. The molecule has 0 N–H and O–H groups in total. The normalized spacial score (nSPS) is 18.3. The monoisotopic (exact) mass is 361 g/mol. The Morgan fingerprint density at radius 3 is 2.65 bits per heavy atom. The summed E-state index contributed by atoms with van der Waals surface area (Å²) < 4.78 is 5.57. The zero-order valence-electron chi connectivity index (χ0n) is 17.3. The molecule has 5 heteroatoms. The number of carbonyl (C=O) groups is 1. The standard InChI is InChI=1S/C21H35N3O2/c1-7-8-13-24(20(25)26-21(4,5)6)19-12-11-17(15-22-19)18-10-9-14-23(18)16(2)3/h11-12,15-16,18H,7-10,13-14H2,1-6H3/t18-/m1/s1. The van der Waals surface area contributed by atoms with Gasteiger partial charge in [-0.2, -0.15) is 0 Å². The second-order valence-electron chi connectivity index (χ2n) is 8.42. The molecule has 1 amide bonds. The maximum Gasteiger partial charge on any atom is 0.416 e. The van der Waals surface area contributed by atoms with E-state index >= 15 is 0 Å². The maximum atomic E-state index is 12.6. The molecule has 1 aromatic rings. The Bertz CT molecular complexity index is 578. The van der Waals surface area contributed by atoms with Crippen LogP contribution in [-0.2, 0) is 4.74 Å². The van der Waals surface area contributed by atoms with E-state index in [1.165, 1.54) is 18.4 Å². The first-order valence-corrected chi connectivity index (χ1v) is 9.95. The molecular formula is C21H35N3O2. The highest BCUT2D eigenvalue weighted by atomic mass is 16.6. The van der Waals surface area contributed by atoms with Gasteiger partial charge in [-0.3, -0.25) is 9.80 Å². The molecule has 0 bridgehead atoms. The lowest BCUT2D eigenvalue weighted by Crippen LogP contribution is -2.38. The van der Waals surface area contributed by atoms with E-state index in [2.05, 4.69) is 36.7 Å². The van der Waals surface area contributed by atoms with Crippen molar-refractivity contribution in [3.8, 4) is 0 Å². The van der Waals surface area contributed by atoms with Crippen LogP contribution in [0.2, 0.25) is 0 Å². The van der Waals surface area contributed by atoms with Crippen molar-refractivity contribution >= 4 is 11.9 Å². The molecule has 0 aliphatic carbocycles. The van der Waals surface area contributed by atoms with Gasteiger partial charge < -0.3 is 4.74 Å². The molecule has 1 aliphatic heterocycles. The van der Waals surface area contributed by atoms with Crippen LogP contribution in [0.4, 0.5) is 10.6 Å². The summed E-state index contributed by atoms with van der Waals surface area (Å²) in [6, 6.07) is 5.05. The van der Waals surface area contributed by atoms with Gasteiger partial charge in [0.2, 0.25) is 0 Å². The number of hydrogen-bond acceptors (Lipinski definition) is 4. The van der Waals surface area contributed by atoms with Crippen LogP contribution in [0.25, 0.3) is 0 Å². The van der Waals surface area contributed by atoms with E-state index in [-0.39, 0.29) is 6.09 Å². The maximum absolute atomic E-state index is 12.6. The summed E-state index contributed by atoms with van der Waals surface area (Å²) in [5, 5.41) is 0. The Balaban J connectivity index is 2.17. The molecule has 2 rings (SSSR count). The molecule has 0 spiro atoms. The quantitative estimate of drug-likeness (QED) is 0.701. The molecular weight excluding hydrogens is 326 g/mol. The Labute approximate surface area is 158 Å². The third-order valence-electron chi connectivity index (χ3n) is 4.74. The Morgan fingerprint density at radius 1 is 1.38 bits per heavy atom. The predicted octanol–water partition coefficient (Wildman–Crippen LogP) is 5.17. The number of nitrogens with zero attached hydrogens (tertiary/aromatic N) is 3. The molecule has 1 fully saturated rings. The minimum absolute atomic E-state index is 0.323. The van der Waals surface area contributed by atoms with E-state index in [1.807, 2.05) is 33.0 Å². The van der Waals surface area contributed by atoms with Crippen LogP contribution in [0, 0.1) is 0 Å². The molecule has 5 nitrogen and oxygen atoms in total. The molecule has 0 radical (unpaired) electrons. The fourth-order valence-electron chi connectivity index (χ4n) is 3.45. The van der Waals surface area contributed by atoms with Crippen LogP contribution < -0.4 is 4.90 Å². The highest BCUT2D eigenvalue weighted by Gasteiger charge is 2.29. The first kappa shape index (κ1) is 20.7. The second kappa shape index (κ2) is 8.85. The number of hydrogen-bond donors (Lipinski definition) is 0. The van der Waals surface area contributed by atoms with Gasteiger partial charge in [-0.1, -0.05) is 19.4 Å². The van der Waals surface area contributed by atoms with Crippen molar-refractivity contribution in [1.82, 2.24) is 9.88 Å². The third-order valence-corrected chi connectivity index (χ3v) is 4.74. The van der Waals surface area contributed by atoms with Crippen molar-refractivity contribution in [2.45, 2.75) is 84.9 Å². The first-order chi connectivity index (χ1) is 12.2. The average Bonchev–Trinajstić information content (AvgIpc) is 3.04. The van der Waals surface area contributed by atoms with E-state index in [1.54, 1.807) is 4.90 Å². The summed E-state index contributed by atoms with van der Waals surface area (Å²) in [5.41, 5.74) is 0.725. The fraction of sp³-hybridized carbons (Fsp3) is 0.714. The van der Waals surface area contributed by atoms with Gasteiger partial charge >= 0.3 is 6.09 Å². The molecule has 2 heterocycles. The van der Waals surface area contributed by atoms with Crippen molar-refractivity contribution in [3.63, 3.8) is 0 Å². The van der Waals surface area contributed by atoms with E-state index in [0.29, 0.717) is 24.4 Å². The summed E-state index contributed by atoms with van der Waals surface area (Å²) in [7, 11) is 0. The van der Waals surface area contributed by atoms with Gasteiger partial charge in [-0.25, -0.2) is 9.78 Å². The zero-order chi connectivity index (χ0) is 19.3. The van der Waals surface area contributed by atoms with Crippen LogP contribution in [0.3, 0.4) is 0 Å². The number of ether oxygens (including phenoxy) is 1. The van der Waals surface area contributed by atoms with Crippen molar-refractivity contribution in [2.75, 3.05) is 18.0 Å². The average molecular weight is 362 g/mol. The van der Waals surface area contributed by atoms with Crippen molar-refractivity contribution in [1.29, 1.82) is 0 Å². The molecule has 1 aromatic heterocycles. The van der Waals surface area contributed by atoms with Gasteiger partial charge in [-0.15, -0.1) is 0 Å².